The van der Waals surface area contributed by atoms with Crippen LogP contribution in [0, 0.1) is 17.6 Å². The third-order valence-electron chi connectivity index (χ3n) is 4.06. The normalized spacial score (nSPS) is 19.5. The molecule has 6 heteroatoms. The summed E-state index contributed by atoms with van der Waals surface area (Å²) in [7, 11) is 0. The molecule has 0 bridgehead atoms. The summed E-state index contributed by atoms with van der Waals surface area (Å²) in [5.41, 5.74) is 0.613. The molecule has 2 aromatic rings. The van der Waals surface area contributed by atoms with Crippen molar-refractivity contribution in [3.05, 3.63) is 47.8 Å². The van der Waals surface area contributed by atoms with Gasteiger partial charge in [-0.1, -0.05) is 6.07 Å². The number of likely N-dealkylation sites (tertiary alicyclic amines) is 1. The maximum absolute atomic E-state index is 13.8. The van der Waals surface area contributed by atoms with E-state index in [1.54, 1.807) is 12.3 Å². The Balaban J connectivity index is 1.74. The minimum Gasteiger partial charge on any atom is -0.396 e. The van der Waals surface area contributed by atoms with Crippen molar-refractivity contribution in [2.75, 3.05) is 19.7 Å². The number of benzene rings is 1. The largest absolute Gasteiger partial charge is 0.396 e. The SMILES string of the molecule is OCC1CCCN(Cc2ccn(-c3c(F)cccc3F)n2)C1. The van der Waals surface area contributed by atoms with Crippen molar-refractivity contribution in [3.63, 3.8) is 0 Å². The predicted octanol–water partition coefficient (Wildman–Crippen LogP) is 2.35. The average Bonchev–Trinajstić information content (AvgIpc) is 2.95. The van der Waals surface area contributed by atoms with Gasteiger partial charge < -0.3 is 5.11 Å². The van der Waals surface area contributed by atoms with Crippen LogP contribution in [0.25, 0.3) is 5.69 Å². The highest BCUT2D eigenvalue weighted by atomic mass is 19.1. The molecular weight excluding hydrogens is 288 g/mol. The van der Waals surface area contributed by atoms with Crippen LogP contribution in [0.15, 0.2) is 30.5 Å². The Bertz CT molecular complexity index is 624. The smallest absolute Gasteiger partial charge is 0.151 e. The summed E-state index contributed by atoms with van der Waals surface area (Å²) in [5.74, 6) is -0.958. The number of rotatable bonds is 4. The highest BCUT2D eigenvalue weighted by Gasteiger charge is 2.20. The quantitative estimate of drug-likeness (QED) is 0.943. The van der Waals surface area contributed by atoms with Gasteiger partial charge in [-0.25, -0.2) is 13.5 Å². The zero-order valence-corrected chi connectivity index (χ0v) is 12.3. The monoisotopic (exact) mass is 307 g/mol. The third kappa shape index (κ3) is 3.18. The molecule has 1 unspecified atom stereocenters. The highest BCUT2D eigenvalue weighted by molar-refractivity contribution is 5.34. The Hall–Kier alpha value is -1.79. The molecule has 1 aliphatic heterocycles. The highest BCUT2D eigenvalue weighted by Crippen LogP contribution is 2.19. The summed E-state index contributed by atoms with van der Waals surface area (Å²) in [4.78, 5) is 2.22. The first-order chi connectivity index (χ1) is 10.7. The third-order valence-corrected chi connectivity index (χ3v) is 4.06. The summed E-state index contributed by atoms with van der Waals surface area (Å²) in [6.45, 7) is 2.61. The first kappa shape index (κ1) is 15.1. The number of hydrogen-bond acceptors (Lipinski definition) is 3. The van der Waals surface area contributed by atoms with E-state index >= 15 is 0 Å². The van der Waals surface area contributed by atoms with E-state index in [0.717, 1.165) is 31.6 Å². The van der Waals surface area contributed by atoms with Gasteiger partial charge in [0.15, 0.2) is 11.6 Å². The van der Waals surface area contributed by atoms with E-state index < -0.39 is 11.6 Å². The van der Waals surface area contributed by atoms with Gasteiger partial charge in [-0.15, -0.1) is 0 Å². The van der Waals surface area contributed by atoms with E-state index in [1.807, 2.05) is 0 Å². The van der Waals surface area contributed by atoms with Crippen LogP contribution in [0.5, 0.6) is 0 Å². The number of aromatic nitrogens is 2. The topological polar surface area (TPSA) is 41.3 Å². The van der Waals surface area contributed by atoms with Gasteiger partial charge in [0.25, 0.3) is 0 Å². The summed E-state index contributed by atoms with van der Waals surface area (Å²) >= 11 is 0. The van der Waals surface area contributed by atoms with E-state index in [2.05, 4.69) is 10.00 Å². The molecule has 3 rings (SSSR count). The molecule has 1 aromatic heterocycles. The molecule has 0 amide bonds. The maximum Gasteiger partial charge on any atom is 0.151 e. The minimum atomic E-state index is -0.632. The Labute approximate surface area is 128 Å². The second kappa shape index (κ2) is 6.54. The number of aliphatic hydroxyl groups is 1. The molecule has 1 atom stereocenters. The number of nitrogens with zero attached hydrogens (tertiary/aromatic N) is 3. The van der Waals surface area contributed by atoms with Gasteiger partial charge >= 0.3 is 0 Å². The fraction of sp³-hybridized carbons (Fsp3) is 0.438. The molecule has 0 spiro atoms. The van der Waals surface area contributed by atoms with Crippen LogP contribution in [0.4, 0.5) is 8.78 Å². The van der Waals surface area contributed by atoms with E-state index in [0.29, 0.717) is 12.5 Å². The van der Waals surface area contributed by atoms with Crippen molar-refractivity contribution in [2.45, 2.75) is 19.4 Å². The minimum absolute atomic E-state index is 0.152. The van der Waals surface area contributed by atoms with Crippen LogP contribution in [-0.2, 0) is 6.54 Å². The standard InChI is InChI=1S/C16H19F2N3O/c17-14-4-1-5-15(18)16(14)21-8-6-13(19-21)10-20-7-2-3-12(9-20)11-22/h1,4-6,8,12,22H,2-3,7,9-11H2. The fourth-order valence-corrected chi connectivity index (χ4v) is 2.95. The first-order valence-corrected chi connectivity index (χ1v) is 7.49. The van der Waals surface area contributed by atoms with E-state index in [9.17, 15) is 13.9 Å². The van der Waals surface area contributed by atoms with Crippen molar-refractivity contribution < 1.29 is 13.9 Å². The lowest BCUT2D eigenvalue weighted by Crippen LogP contribution is -2.36. The summed E-state index contributed by atoms with van der Waals surface area (Å²) in [6.07, 6.45) is 3.67. The summed E-state index contributed by atoms with van der Waals surface area (Å²) < 4.78 is 28.8. The van der Waals surface area contributed by atoms with Gasteiger partial charge in [0.1, 0.15) is 5.69 Å². The van der Waals surface area contributed by atoms with Gasteiger partial charge in [-0.2, -0.15) is 5.10 Å². The maximum atomic E-state index is 13.8. The molecule has 1 aromatic carbocycles. The Morgan fingerprint density at radius 3 is 2.73 bits per heavy atom. The number of piperidine rings is 1. The zero-order valence-electron chi connectivity index (χ0n) is 12.3. The second-order valence-electron chi connectivity index (χ2n) is 5.75. The van der Waals surface area contributed by atoms with Crippen molar-refractivity contribution in [3.8, 4) is 5.69 Å². The van der Waals surface area contributed by atoms with Crippen LogP contribution < -0.4 is 0 Å². The van der Waals surface area contributed by atoms with Crippen LogP contribution in [0.1, 0.15) is 18.5 Å². The fourth-order valence-electron chi connectivity index (χ4n) is 2.95. The number of halogens is 2. The number of aliphatic hydroxyl groups excluding tert-OH is 1. The van der Waals surface area contributed by atoms with Gasteiger partial charge in [-0.05, 0) is 43.5 Å². The molecule has 2 heterocycles. The van der Waals surface area contributed by atoms with Crippen molar-refractivity contribution in [2.24, 2.45) is 5.92 Å². The molecular formula is C16H19F2N3O. The van der Waals surface area contributed by atoms with Crippen molar-refractivity contribution in [1.82, 2.24) is 14.7 Å². The van der Waals surface area contributed by atoms with Crippen LogP contribution in [-0.4, -0.2) is 39.5 Å². The summed E-state index contributed by atoms with van der Waals surface area (Å²) in [5, 5.41) is 13.5. The molecule has 1 N–H and O–H groups in total. The summed E-state index contributed by atoms with van der Waals surface area (Å²) in [6, 6.07) is 5.54. The van der Waals surface area contributed by atoms with E-state index in [4.69, 9.17) is 0 Å². The second-order valence-corrected chi connectivity index (χ2v) is 5.75. The number of hydrogen-bond donors (Lipinski definition) is 1. The van der Waals surface area contributed by atoms with E-state index in [-0.39, 0.29) is 12.3 Å². The van der Waals surface area contributed by atoms with Gasteiger partial charge in [0, 0.05) is 25.9 Å². The zero-order chi connectivity index (χ0) is 15.5. The molecule has 0 aliphatic carbocycles. The molecule has 22 heavy (non-hydrogen) atoms. The molecule has 4 nitrogen and oxygen atoms in total. The first-order valence-electron chi connectivity index (χ1n) is 7.49. The van der Waals surface area contributed by atoms with E-state index in [1.165, 1.54) is 22.9 Å². The lowest BCUT2D eigenvalue weighted by atomic mass is 9.99. The van der Waals surface area contributed by atoms with Crippen LogP contribution >= 0.6 is 0 Å². The van der Waals surface area contributed by atoms with Gasteiger partial charge in [0.2, 0.25) is 0 Å². The molecule has 1 aliphatic rings. The Morgan fingerprint density at radius 2 is 2.00 bits per heavy atom. The lowest BCUT2D eigenvalue weighted by Gasteiger charge is -2.31. The van der Waals surface area contributed by atoms with Crippen molar-refractivity contribution in [1.29, 1.82) is 0 Å². The van der Waals surface area contributed by atoms with Crippen molar-refractivity contribution >= 4 is 0 Å². The van der Waals surface area contributed by atoms with Gasteiger partial charge in [0.05, 0.1) is 5.69 Å². The molecule has 1 saturated heterocycles. The number of para-hydroxylation sites is 1. The van der Waals surface area contributed by atoms with Crippen LogP contribution in [0.3, 0.4) is 0 Å². The predicted molar refractivity (Wildman–Crippen MR) is 78.6 cm³/mol. The lowest BCUT2D eigenvalue weighted by molar-refractivity contribution is 0.115. The van der Waals surface area contributed by atoms with Gasteiger partial charge in [-0.3, -0.25) is 4.90 Å². The van der Waals surface area contributed by atoms with Crippen LogP contribution in [0.2, 0.25) is 0 Å². The average molecular weight is 307 g/mol. The Morgan fingerprint density at radius 1 is 1.23 bits per heavy atom. The molecule has 1 fully saturated rings. The molecule has 0 saturated carbocycles. The Kier molecular flexibility index (Phi) is 4.49. The molecule has 118 valence electrons. The molecule has 0 radical (unpaired) electrons.